The van der Waals surface area contributed by atoms with E-state index in [-0.39, 0.29) is 6.10 Å². The minimum atomic E-state index is -0.273. The Bertz CT molecular complexity index is 220. The first kappa shape index (κ1) is 9.10. The van der Waals surface area contributed by atoms with Gasteiger partial charge in [-0.25, -0.2) is 0 Å². The number of thioether (sulfide) groups is 1. The van der Waals surface area contributed by atoms with Gasteiger partial charge in [0.1, 0.15) is 0 Å². The maximum Gasteiger partial charge on any atom is 0.0974 e. The molecule has 11 heavy (non-hydrogen) atoms. The highest BCUT2D eigenvalue weighted by molar-refractivity contribution is 7.98. The molecule has 1 N–H and O–H groups in total. The van der Waals surface area contributed by atoms with Crippen LogP contribution in [-0.2, 0) is 0 Å². The zero-order valence-electron chi connectivity index (χ0n) is 6.70. The lowest BCUT2D eigenvalue weighted by Gasteiger charge is -2.06. The zero-order valence-corrected chi connectivity index (χ0v) is 8.34. The lowest BCUT2D eigenvalue weighted by molar-refractivity contribution is 0.207. The van der Waals surface area contributed by atoms with E-state index in [4.69, 9.17) is 0 Å². The third-order valence-corrected chi connectivity index (χ3v) is 3.30. The minimum absolute atomic E-state index is 0.273. The Labute approximate surface area is 75.4 Å². The molecule has 1 rings (SSSR count). The normalized spacial score (nSPS) is 13.4. The lowest BCUT2D eigenvalue weighted by Crippen LogP contribution is -1.98. The zero-order chi connectivity index (χ0) is 8.27. The Balaban J connectivity index is 2.67. The summed E-state index contributed by atoms with van der Waals surface area (Å²) in [6, 6.07) is 2.05. The topological polar surface area (TPSA) is 20.2 Å². The van der Waals surface area contributed by atoms with Crippen molar-refractivity contribution in [3.8, 4) is 0 Å². The van der Waals surface area contributed by atoms with Crippen molar-refractivity contribution in [2.75, 3.05) is 12.0 Å². The molecule has 1 atom stereocenters. The monoisotopic (exact) mass is 188 g/mol. The molecule has 62 valence electrons. The average Bonchev–Trinajstić information content (AvgIpc) is 2.36. The fourth-order valence-corrected chi connectivity index (χ4v) is 2.46. The largest absolute Gasteiger partial charge is 0.387 e. The van der Waals surface area contributed by atoms with E-state index in [0.29, 0.717) is 0 Å². The molecule has 0 aliphatic carbocycles. The molecule has 0 aromatic carbocycles. The third kappa shape index (κ3) is 2.22. The van der Waals surface area contributed by atoms with E-state index in [0.717, 1.165) is 10.6 Å². The summed E-state index contributed by atoms with van der Waals surface area (Å²) >= 11 is 3.31. The molecule has 0 aliphatic heterocycles. The van der Waals surface area contributed by atoms with E-state index >= 15 is 0 Å². The van der Waals surface area contributed by atoms with Crippen molar-refractivity contribution < 1.29 is 5.11 Å². The molecule has 0 bridgehead atoms. The van der Waals surface area contributed by atoms with Crippen LogP contribution < -0.4 is 0 Å². The van der Waals surface area contributed by atoms with Crippen LogP contribution in [0, 0.1) is 6.92 Å². The van der Waals surface area contributed by atoms with Crippen molar-refractivity contribution >= 4 is 23.1 Å². The average molecular weight is 188 g/mol. The van der Waals surface area contributed by atoms with Crippen LogP contribution in [0.5, 0.6) is 0 Å². The van der Waals surface area contributed by atoms with E-state index in [1.54, 1.807) is 23.1 Å². The molecule has 0 saturated carbocycles. The van der Waals surface area contributed by atoms with E-state index in [2.05, 4.69) is 0 Å². The fraction of sp³-hybridized carbons (Fsp3) is 0.500. The molecule has 0 radical (unpaired) electrons. The molecule has 1 aromatic heterocycles. The van der Waals surface area contributed by atoms with Gasteiger partial charge in [0, 0.05) is 10.6 Å². The number of hydrogen-bond donors (Lipinski definition) is 1. The molecule has 0 aliphatic rings. The molecule has 1 aromatic rings. The van der Waals surface area contributed by atoms with Gasteiger partial charge in [0.2, 0.25) is 0 Å². The number of hydrogen-bond acceptors (Lipinski definition) is 3. The second-order valence-corrected chi connectivity index (χ2v) is 4.30. The maximum absolute atomic E-state index is 9.58. The van der Waals surface area contributed by atoms with Gasteiger partial charge in [-0.1, -0.05) is 0 Å². The summed E-state index contributed by atoms with van der Waals surface area (Å²) in [5.74, 6) is 0.793. The smallest absolute Gasteiger partial charge is 0.0974 e. The molecule has 1 heterocycles. The molecule has 0 saturated heterocycles. The third-order valence-electron chi connectivity index (χ3n) is 1.53. The summed E-state index contributed by atoms with van der Waals surface area (Å²) in [6.45, 7) is 2.04. The van der Waals surface area contributed by atoms with Crippen LogP contribution in [0.3, 0.4) is 0 Å². The van der Waals surface area contributed by atoms with Crippen molar-refractivity contribution in [1.29, 1.82) is 0 Å². The van der Waals surface area contributed by atoms with Gasteiger partial charge in [0.25, 0.3) is 0 Å². The second kappa shape index (κ2) is 4.14. The summed E-state index contributed by atoms with van der Waals surface area (Å²) in [7, 11) is 0. The summed E-state index contributed by atoms with van der Waals surface area (Å²) < 4.78 is 0. The van der Waals surface area contributed by atoms with Gasteiger partial charge in [-0.05, 0) is 30.2 Å². The minimum Gasteiger partial charge on any atom is -0.387 e. The van der Waals surface area contributed by atoms with Crippen LogP contribution in [0.1, 0.15) is 16.5 Å². The van der Waals surface area contributed by atoms with Gasteiger partial charge in [-0.15, -0.1) is 11.3 Å². The Kier molecular flexibility index (Phi) is 3.43. The van der Waals surface area contributed by atoms with Gasteiger partial charge < -0.3 is 5.11 Å². The van der Waals surface area contributed by atoms with Crippen molar-refractivity contribution in [1.82, 2.24) is 0 Å². The molecule has 1 unspecified atom stereocenters. The molecular formula is C8H12OS2. The highest BCUT2D eigenvalue weighted by Gasteiger charge is 2.09. The predicted molar refractivity (Wildman–Crippen MR) is 52.4 cm³/mol. The van der Waals surface area contributed by atoms with Gasteiger partial charge >= 0.3 is 0 Å². The summed E-state index contributed by atoms with van der Waals surface area (Å²) in [6.07, 6.45) is 1.73. The number of aliphatic hydroxyl groups is 1. The predicted octanol–water partition coefficient (Wildman–Crippen LogP) is 2.45. The first-order chi connectivity index (χ1) is 5.25. The second-order valence-electron chi connectivity index (χ2n) is 2.44. The SMILES string of the molecule is CSCC(O)c1sccc1C. The quantitative estimate of drug-likeness (QED) is 0.786. The fourth-order valence-electron chi connectivity index (χ4n) is 0.959. The van der Waals surface area contributed by atoms with E-state index in [9.17, 15) is 5.11 Å². The van der Waals surface area contributed by atoms with Gasteiger partial charge in [-0.3, -0.25) is 0 Å². The van der Waals surface area contributed by atoms with Gasteiger partial charge in [-0.2, -0.15) is 11.8 Å². The number of aliphatic hydroxyl groups excluding tert-OH is 1. The Hall–Kier alpha value is 0.0100. The molecule has 0 fully saturated rings. The van der Waals surface area contributed by atoms with Crippen molar-refractivity contribution in [3.05, 3.63) is 21.9 Å². The Morgan fingerprint density at radius 1 is 1.73 bits per heavy atom. The van der Waals surface area contributed by atoms with Crippen LogP contribution in [0.4, 0.5) is 0 Å². The first-order valence-corrected chi connectivity index (χ1v) is 5.74. The number of thiophene rings is 1. The van der Waals surface area contributed by atoms with Crippen LogP contribution in [0.2, 0.25) is 0 Å². The summed E-state index contributed by atoms with van der Waals surface area (Å²) in [4.78, 5) is 1.11. The van der Waals surface area contributed by atoms with Crippen molar-refractivity contribution in [3.63, 3.8) is 0 Å². The number of aryl methyl sites for hydroxylation is 1. The highest BCUT2D eigenvalue weighted by Crippen LogP contribution is 2.25. The van der Waals surface area contributed by atoms with Crippen LogP contribution in [-0.4, -0.2) is 17.1 Å². The van der Waals surface area contributed by atoms with E-state index in [1.807, 2.05) is 24.6 Å². The molecule has 0 amide bonds. The van der Waals surface area contributed by atoms with Crippen LogP contribution >= 0.6 is 23.1 Å². The highest BCUT2D eigenvalue weighted by atomic mass is 32.2. The van der Waals surface area contributed by atoms with Crippen LogP contribution in [0.25, 0.3) is 0 Å². The molecule has 1 nitrogen and oxygen atoms in total. The Morgan fingerprint density at radius 3 is 2.91 bits per heavy atom. The lowest BCUT2D eigenvalue weighted by atomic mass is 10.2. The Morgan fingerprint density at radius 2 is 2.45 bits per heavy atom. The van der Waals surface area contributed by atoms with Gasteiger partial charge in [0.15, 0.2) is 0 Å². The molecule has 0 spiro atoms. The molecule has 3 heteroatoms. The van der Waals surface area contributed by atoms with E-state index in [1.165, 1.54) is 5.56 Å². The summed E-state index contributed by atoms with van der Waals surface area (Å²) in [5.41, 5.74) is 1.21. The standard InChI is InChI=1S/C8H12OS2/c1-6-3-4-11-8(6)7(9)5-10-2/h3-4,7,9H,5H2,1-2H3. The van der Waals surface area contributed by atoms with Gasteiger partial charge in [0.05, 0.1) is 6.10 Å². The van der Waals surface area contributed by atoms with Crippen molar-refractivity contribution in [2.24, 2.45) is 0 Å². The number of rotatable bonds is 3. The van der Waals surface area contributed by atoms with Crippen molar-refractivity contribution in [2.45, 2.75) is 13.0 Å². The first-order valence-electron chi connectivity index (χ1n) is 3.46. The summed E-state index contributed by atoms with van der Waals surface area (Å²) in [5, 5.41) is 11.6. The molecular weight excluding hydrogens is 176 g/mol. The van der Waals surface area contributed by atoms with E-state index < -0.39 is 0 Å². The maximum atomic E-state index is 9.58. The van der Waals surface area contributed by atoms with Crippen LogP contribution in [0.15, 0.2) is 11.4 Å².